The van der Waals surface area contributed by atoms with Crippen molar-refractivity contribution < 1.29 is 14.7 Å². The van der Waals surface area contributed by atoms with E-state index in [-0.39, 0.29) is 17.2 Å². The Balaban J connectivity index is 3.16. The third kappa shape index (κ3) is 2.31. The second kappa shape index (κ2) is 4.65. The van der Waals surface area contributed by atoms with Gasteiger partial charge in [0, 0.05) is 13.5 Å². The highest BCUT2D eigenvalue weighted by Gasteiger charge is 2.13. The molecule has 1 amide bonds. The topological polar surface area (TPSA) is 83.6 Å². The molecule has 0 saturated carbocycles. The maximum Gasteiger partial charge on any atom is 0.335 e. The molecule has 0 atom stereocenters. The largest absolute Gasteiger partial charge is 0.478 e. The summed E-state index contributed by atoms with van der Waals surface area (Å²) in [6.45, 7) is 3.76. The van der Waals surface area contributed by atoms with Crippen LogP contribution in [0.25, 0.3) is 0 Å². The van der Waals surface area contributed by atoms with Gasteiger partial charge in [-0.25, -0.2) is 4.79 Å². The Kier molecular flexibility index (Phi) is 3.50. The first-order valence-electron chi connectivity index (χ1n) is 4.88. The lowest BCUT2D eigenvalue weighted by molar-refractivity contribution is -0.116. The number of carbonyl (C=O) groups excluding carboxylic acids is 1. The summed E-state index contributed by atoms with van der Waals surface area (Å²) < 4.78 is 0. The first-order valence-corrected chi connectivity index (χ1v) is 4.88. The van der Waals surface area contributed by atoms with Crippen LogP contribution in [0.15, 0.2) is 18.2 Å². The summed E-state index contributed by atoms with van der Waals surface area (Å²) in [6, 6.07) is 4.33. The van der Waals surface area contributed by atoms with Crippen molar-refractivity contribution in [2.45, 2.75) is 13.8 Å². The van der Waals surface area contributed by atoms with Gasteiger partial charge >= 0.3 is 5.97 Å². The van der Waals surface area contributed by atoms with Crippen LogP contribution in [-0.4, -0.2) is 23.5 Å². The first kappa shape index (κ1) is 12.0. The number of hydrogen-bond acceptors (Lipinski definition) is 3. The summed E-state index contributed by atoms with van der Waals surface area (Å²) in [5.74, 6) is -1.17. The van der Waals surface area contributed by atoms with Crippen molar-refractivity contribution in [2.75, 3.05) is 17.2 Å². The molecule has 0 aliphatic heterocycles. The van der Waals surface area contributed by atoms with Gasteiger partial charge in [0.05, 0.1) is 16.9 Å². The normalized spacial score (nSPS) is 9.88. The van der Waals surface area contributed by atoms with E-state index in [0.29, 0.717) is 12.2 Å². The van der Waals surface area contributed by atoms with Crippen LogP contribution in [0.3, 0.4) is 0 Å². The van der Waals surface area contributed by atoms with E-state index < -0.39 is 5.97 Å². The molecule has 0 bridgehead atoms. The molecule has 0 heterocycles. The fourth-order valence-electron chi connectivity index (χ4n) is 1.50. The Morgan fingerprint density at radius 1 is 1.44 bits per heavy atom. The average Bonchev–Trinajstić information content (AvgIpc) is 2.20. The number of carboxylic acids is 1. The van der Waals surface area contributed by atoms with E-state index in [1.54, 1.807) is 6.07 Å². The monoisotopic (exact) mass is 222 g/mol. The minimum absolute atomic E-state index is 0.112. The number of rotatable bonds is 3. The molecule has 0 saturated heterocycles. The smallest absolute Gasteiger partial charge is 0.335 e. The van der Waals surface area contributed by atoms with Gasteiger partial charge in [-0.1, -0.05) is 0 Å². The third-order valence-corrected chi connectivity index (χ3v) is 2.26. The standard InChI is InChI=1S/C11H14N2O3/c1-3-13(7(2)14)10-5-4-8(11(15)16)6-9(10)12/h4-6H,3,12H2,1-2H3,(H,15,16). The van der Waals surface area contributed by atoms with Crippen LogP contribution in [0.1, 0.15) is 24.2 Å². The summed E-state index contributed by atoms with van der Waals surface area (Å²) in [5.41, 5.74) is 6.66. The molecule has 0 spiro atoms. The lowest BCUT2D eigenvalue weighted by atomic mass is 10.1. The third-order valence-electron chi connectivity index (χ3n) is 2.26. The molecule has 0 aliphatic carbocycles. The molecule has 0 unspecified atom stereocenters. The number of anilines is 2. The van der Waals surface area contributed by atoms with E-state index in [1.807, 2.05) is 6.92 Å². The lowest BCUT2D eigenvalue weighted by Gasteiger charge is -2.20. The number of aromatic carboxylic acids is 1. The summed E-state index contributed by atoms with van der Waals surface area (Å²) in [6.07, 6.45) is 0. The van der Waals surface area contributed by atoms with Crippen molar-refractivity contribution in [3.05, 3.63) is 23.8 Å². The molecular weight excluding hydrogens is 208 g/mol. The van der Waals surface area contributed by atoms with Crippen LogP contribution >= 0.6 is 0 Å². The Morgan fingerprint density at radius 2 is 2.06 bits per heavy atom. The van der Waals surface area contributed by atoms with Crippen molar-refractivity contribution in [3.8, 4) is 0 Å². The summed E-state index contributed by atoms with van der Waals surface area (Å²) >= 11 is 0. The zero-order valence-electron chi connectivity index (χ0n) is 9.23. The number of nitrogen functional groups attached to an aromatic ring is 1. The highest BCUT2D eigenvalue weighted by Crippen LogP contribution is 2.24. The number of carbonyl (C=O) groups is 2. The van der Waals surface area contributed by atoms with Gasteiger partial charge in [-0.3, -0.25) is 4.79 Å². The number of hydrogen-bond donors (Lipinski definition) is 2. The molecule has 1 aromatic rings. The van der Waals surface area contributed by atoms with Crippen molar-refractivity contribution in [1.29, 1.82) is 0 Å². The van der Waals surface area contributed by atoms with E-state index in [0.717, 1.165) is 0 Å². The number of nitrogens with zero attached hydrogens (tertiary/aromatic N) is 1. The summed E-state index contributed by atoms with van der Waals surface area (Å²) in [7, 11) is 0. The minimum Gasteiger partial charge on any atom is -0.478 e. The van der Waals surface area contributed by atoms with Gasteiger partial charge < -0.3 is 15.7 Å². The summed E-state index contributed by atoms with van der Waals surface area (Å²) in [5, 5.41) is 8.77. The second-order valence-electron chi connectivity index (χ2n) is 3.34. The average molecular weight is 222 g/mol. The van der Waals surface area contributed by atoms with Crippen molar-refractivity contribution in [3.63, 3.8) is 0 Å². The number of nitrogens with two attached hydrogens (primary N) is 1. The van der Waals surface area contributed by atoms with Crippen molar-refractivity contribution in [2.24, 2.45) is 0 Å². The van der Waals surface area contributed by atoms with Crippen molar-refractivity contribution in [1.82, 2.24) is 0 Å². The van der Waals surface area contributed by atoms with E-state index in [1.165, 1.54) is 24.0 Å². The van der Waals surface area contributed by atoms with Crippen LogP contribution in [0.5, 0.6) is 0 Å². The molecule has 3 N–H and O–H groups in total. The SMILES string of the molecule is CCN(C(C)=O)c1ccc(C(=O)O)cc1N. The van der Waals surface area contributed by atoms with Crippen LogP contribution in [0.4, 0.5) is 11.4 Å². The molecule has 5 nitrogen and oxygen atoms in total. The molecule has 86 valence electrons. The molecule has 0 aliphatic rings. The van der Waals surface area contributed by atoms with E-state index >= 15 is 0 Å². The Morgan fingerprint density at radius 3 is 2.44 bits per heavy atom. The van der Waals surface area contributed by atoms with Crippen LogP contribution in [0.2, 0.25) is 0 Å². The van der Waals surface area contributed by atoms with Gasteiger partial charge in [0.1, 0.15) is 0 Å². The van der Waals surface area contributed by atoms with Crippen LogP contribution in [-0.2, 0) is 4.79 Å². The fraction of sp³-hybridized carbons (Fsp3) is 0.273. The maximum absolute atomic E-state index is 11.3. The molecule has 0 fully saturated rings. The predicted octanol–water partition coefficient (Wildman–Crippen LogP) is 1.34. The van der Waals surface area contributed by atoms with Gasteiger partial charge in [-0.2, -0.15) is 0 Å². The van der Waals surface area contributed by atoms with Crippen LogP contribution in [0, 0.1) is 0 Å². The zero-order chi connectivity index (χ0) is 12.3. The van der Waals surface area contributed by atoms with E-state index in [9.17, 15) is 9.59 Å². The Hall–Kier alpha value is -2.04. The fourth-order valence-corrected chi connectivity index (χ4v) is 1.50. The molecule has 1 rings (SSSR count). The van der Waals surface area contributed by atoms with Gasteiger partial charge in [0.2, 0.25) is 5.91 Å². The van der Waals surface area contributed by atoms with Gasteiger partial charge in [0.25, 0.3) is 0 Å². The molecular formula is C11H14N2O3. The number of carboxylic acid groups (broad SMARTS) is 1. The maximum atomic E-state index is 11.3. The molecule has 0 radical (unpaired) electrons. The van der Waals surface area contributed by atoms with Gasteiger partial charge in [-0.05, 0) is 25.1 Å². The van der Waals surface area contributed by atoms with Crippen molar-refractivity contribution >= 4 is 23.3 Å². The predicted molar refractivity (Wildman–Crippen MR) is 61.5 cm³/mol. The van der Waals surface area contributed by atoms with Gasteiger partial charge in [0.15, 0.2) is 0 Å². The summed E-state index contributed by atoms with van der Waals surface area (Å²) in [4.78, 5) is 23.5. The number of benzene rings is 1. The first-order chi connectivity index (χ1) is 7.47. The van der Waals surface area contributed by atoms with Crippen LogP contribution < -0.4 is 10.6 Å². The van der Waals surface area contributed by atoms with E-state index in [4.69, 9.17) is 10.8 Å². The lowest BCUT2D eigenvalue weighted by Crippen LogP contribution is -2.28. The highest BCUT2D eigenvalue weighted by molar-refractivity contribution is 5.97. The molecule has 1 aromatic carbocycles. The molecule has 5 heteroatoms. The minimum atomic E-state index is -1.04. The van der Waals surface area contributed by atoms with Gasteiger partial charge in [-0.15, -0.1) is 0 Å². The number of amides is 1. The highest BCUT2D eigenvalue weighted by atomic mass is 16.4. The quantitative estimate of drug-likeness (QED) is 0.756. The molecule has 0 aromatic heterocycles. The molecule has 16 heavy (non-hydrogen) atoms. The zero-order valence-corrected chi connectivity index (χ0v) is 9.23. The Labute approximate surface area is 93.5 Å². The Bertz CT molecular complexity index is 429. The second-order valence-corrected chi connectivity index (χ2v) is 3.34. The van der Waals surface area contributed by atoms with E-state index in [2.05, 4.69) is 0 Å².